The Labute approximate surface area is 168 Å². The molecule has 2 aromatic carbocycles. The van der Waals surface area contributed by atoms with Gasteiger partial charge in [-0.25, -0.2) is 0 Å². The summed E-state index contributed by atoms with van der Waals surface area (Å²) in [5, 5.41) is 26.5. The van der Waals surface area contributed by atoms with Crippen molar-refractivity contribution in [2.75, 3.05) is 6.61 Å². The van der Waals surface area contributed by atoms with E-state index < -0.39 is 7.12 Å². The lowest BCUT2D eigenvalue weighted by atomic mass is 9.80. The second-order valence-electron chi connectivity index (χ2n) is 6.98. The topological polar surface area (TPSA) is 74.4 Å². The van der Waals surface area contributed by atoms with Crippen LogP contribution in [0.3, 0.4) is 0 Å². The summed E-state index contributed by atoms with van der Waals surface area (Å²) in [4.78, 5) is 0. The van der Waals surface area contributed by atoms with Gasteiger partial charge in [0.15, 0.2) is 0 Å². The van der Waals surface area contributed by atoms with Gasteiger partial charge < -0.3 is 14.8 Å². The van der Waals surface area contributed by atoms with E-state index in [-0.39, 0.29) is 0 Å². The predicted octanol–water partition coefficient (Wildman–Crippen LogP) is 5.30. The molecule has 0 aromatic heterocycles. The zero-order valence-electron chi connectivity index (χ0n) is 16.8. The minimum Gasteiger partial charge on any atom is -0.494 e. The van der Waals surface area contributed by atoms with Crippen LogP contribution in [0.25, 0.3) is 0 Å². The standard InChI is InChI=1S/C22H31BN2O3/c1-2-3-4-5-6-7-8-9-18-28-22-16-14-21(15-17-22)25-24-20-12-10-19(11-13-20)23(26)27/h10-17,26-27H,2-9,18H2,1H3. The van der Waals surface area contributed by atoms with E-state index in [1.54, 1.807) is 24.3 Å². The average molecular weight is 382 g/mol. The van der Waals surface area contributed by atoms with Gasteiger partial charge in [0.25, 0.3) is 0 Å². The Hall–Kier alpha value is -2.18. The van der Waals surface area contributed by atoms with Crippen molar-refractivity contribution in [2.24, 2.45) is 10.2 Å². The smallest absolute Gasteiger partial charge is 0.488 e. The Morgan fingerprint density at radius 2 is 1.21 bits per heavy atom. The van der Waals surface area contributed by atoms with Crippen LogP contribution in [0.2, 0.25) is 0 Å². The number of nitrogens with zero attached hydrogens (tertiary/aromatic N) is 2. The molecule has 0 aliphatic rings. The summed E-state index contributed by atoms with van der Waals surface area (Å²) in [6.07, 6.45) is 10.3. The highest BCUT2D eigenvalue weighted by Gasteiger charge is 2.09. The van der Waals surface area contributed by atoms with Crippen LogP contribution in [0.15, 0.2) is 58.8 Å². The minimum absolute atomic E-state index is 0.428. The molecule has 0 unspecified atom stereocenters. The molecule has 0 fully saturated rings. The number of benzene rings is 2. The molecule has 2 N–H and O–H groups in total. The summed E-state index contributed by atoms with van der Waals surface area (Å²) >= 11 is 0. The second-order valence-corrected chi connectivity index (χ2v) is 6.98. The Morgan fingerprint density at radius 1 is 0.714 bits per heavy atom. The number of hydrogen-bond acceptors (Lipinski definition) is 5. The first-order chi connectivity index (χ1) is 13.7. The molecule has 0 radical (unpaired) electrons. The summed E-state index contributed by atoms with van der Waals surface area (Å²) in [6.45, 7) is 3.00. The van der Waals surface area contributed by atoms with Crippen LogP contribution in [0.1, 0.15) is 58.3 Å². The molecule has 0 saturated carbocycles. The van der Waals surface area contributed by atoms with E-state index in [1.807, 2.05) is 24.3 Å². The maximum Gasteiger partial charge on any atom is 0.488 e. The fourth-order valence-electron chi connectivity index (χ4n) is 2.86. The molecule has 0 aliphatic heterocycles. The van der Waals surface area contributed by atoms with Crippen molar-refractivity contribution in [3.63, 3.8) is 0 Å². The third-order valence-corrected chi connectivity index (χ3v) is 4.58. The van der Waals surface area contributed by atoms with Crippen LogP contribution in [0.4, 0.5) is 11.4 Å². The van der Waals surface area contributed by atoms with Crippen molar-refractivity contribution in [3.05, 3.63) is 48.5 Å². The first-order valence-electron chi connectivity index (χ1n) is 10.3. The summed E-state index contributed by atoms with van der Waals surface area (Å²) in [7, 11) is -1.47. The molecule has 6 heteroatoms. The normalized spacial score (nSPS) is 11.1. The van der Waals surface area contributed by atoms with Crippen molar-refractivity contribution in [3.8, 4) is 5.75 Å². The largest absolute Gasteiger partial charge is 0.494 e. The zero-order chi connectivity index (χ0) is 20.0. The summed E-state index contributed by atoms with van der Waals surface area (Å²) in [6, 6.07) is 14.2. The van der Waals surface area contributed by atoms with Crippen LogP contribution in [0, 0.1) is 0 Å². The van der Waals surface area contributed by atoms with Crippen LogP contribution in [0.5, 0.6) is 5.75 Å². The molecule has 0 amide bonds. The molecule has 150 valence electrons. The average Bonchev–Trinajstić information content (AvgIpc) is 2.72. The predicted molar refractivity (Wildman–Crippen MR) is 115 cm³/mol. The molecule has 2 aromatic rings. The molecule has 0 heterocycles. The van der Waals surface area contributed by atoms with Gasteiger partial charge >= 0.3 is 7.12 Å². The third kappa shape index (κ3) is 8.68. The number of unbranched alkanes of at least 4 members (excludes halogenated alkanes) is 7. The lowest BCUT2D eigenvalue weighted by Crippen LogP contribution is -2.29. The molecule has 0 bridgehead atoms. The van der Waals surface area contributed by atoms with E-state index in [0.29, 0.717) is 11.2 Å². The van der Waals surface area contributed by atoms with Gasteiger partial charge in [-0.15, -0.1) is 0 Å². The van der Waals surface area contributed by atoms with Crippen molar-refractivity contribution in [2.45, 2.75) is 58.3 Å². The summed E-state index contributed by atoms with van der Waals surface area (Å²) < 4.78 is 5.78. The van der Waals surface area contributed by atoms with Crippen molar-refractivity contribution >= 4 is 24.0 Å². The number of azo groups is 1. The fourth-order valence-corrected chi connectivity index (χ4v) is 2.86. The molecular weight excluding hydrogens is 351 g/mol. The van der Waals surface area contributed by atoms with Crippen LogP contribution >= 0.6 is 0 Å². The van der Waals surface area contributed by atoms with E-state index in [9.17, 15) is 0 Å². The fraction of sp³-hybridized carbons (Fsp3) is 0.455. The molecule has 0 spiro atoms. The van der Waals surface area contributed by atoms with Crippen molar-refractivity contribution in [1.82, 2.24) is 0 Å². The van der Waals surface area contributed by atoms with E-state index in [0.717, 1.165) is 24.5 Å². The number of hydrogen-bond donors (Lipinski definition) is 2. The molecule has 0 aliphatic carbocycles. The minimum atomic E-state index is -1.47. The van der Waals surface area contributed by atoms with Gasteiger partial charge in [-0.05, 0) is 48.3 Å². The van der Waals surface area contributed by atoms with E-state index in [1.165, 1.54) is 44.9 Å². The summed E-state index contributed by atoms with van der Waals surface area (Å²) in [5.74, 6) is 0.850. The number of rotatable bonds is 13. The van der Waals surface area contributed by atoms with Gasteiger partial charge in [0.05, 0.1) is 18.0 Å². The molecule has 2 rings (SSSR count). The van der Waals surface area contributed by atoms with Gasteiger partial charge in [-0.3, -0.25) is 0 Å². The van der Waals surface area contributed by atoms with Gasteiger partial charge in [-0.2, -0.15) is 10.2 Å². The Balaban J connectivity index is 1.66. The second kappa shape index (κ2) is 13.1. The maximum atomic E-state index is 9.08. The first kappa shape index (κ1) is 22.1. The van der Waals surface area contributed by atoms with Gasteiger partial charge in [-0.1, -0.05) is 64.0 Å². The van der Waals surface area contributed by atoms with Crippen molar-refractivity contribution < 1.29 is 14.8 Å². The lowest BCUT2D eigenvalue weighted by molar-refractivity contribution is 0.304. The lowest BCUT2D eigenvalue weighted by Gasteiger charge is -2.06. The Bertz CT molecular complexity index is 688. The van der Waals surface area contributed by atoms with Crippen molar-refractivity contribution in [1.29, 1.82) is 0 Å². The van der Waals surface area contributed by atoms with Gasteiger partial charge in [0.1, 0.15) is 5.75 Å². The zero-order valence-corrected chi connectivity index (χ0v) is 16.8. The number of ether oxygens (including phenoxy) is 1. The van der Waals surface area contributed by atoms with E-state index in [2.05, 4.69) is 17.2 Å². The van der Waals surface area contributed by atoms with E-state index >= 15 is 0 Å². The van der Waals surface area contributed by atoms with E-state index in [4.69, 9.17) is 14.8 Å². The Morgan fingerprint density at radius 3 is 1.75 bits per heavy atom. The molecule has 0 atom stereocenters. The summed E-state index contributed by atoms with van der Waals surface area (Å²) in [5.41, 5.74) is 1.82. The SMILES string of the molecule is CCCCCCCCCCOc1ccc(N=Nc2ccc(B(O)O)cc2)cc1. The van der Waals surface area contributed by atoms with Crippen LogP contribution < -0.4 is 10.2 Å². The molecule has 28 heavy (non-hydrogen) atoms. The highest BCUT2D eigenvalue weighted by atomic mass is 16.5. The Kier molecular flexibility index (Phi) is 10.3. The van der Waals surface area contributed by atoms with Crippen LogP contribution in [-0.4, -0.2) is 23.8 Å². The monoisotopic (exact) mass is 382 g/mol. The molecular formula is C22H31BN2O3. The highest BCUT2D eigenvalue weighted by Crippen LogP contribution is 2.21. The third-order valence-electron chi connectivity index (χ3n) is 4.58. The first-order valence-corrected chi connectivity index (χ1v) is 10.3. The van der Waals surface area contributed by atoms with Gasteiger partial charge in [0, 0.05) is 0 Å². The molecule has 5 nitrogen and oxygen atoms in total. The molecule has 0 saturated heterocycles. The quantitative estimate of drug-likeness (QED) is 0.280. The van der Waals surface area contributed by atoms with Crippen LogP contribution in [-0.2, 0) is 0 Å². The van der Waals surface area contributed by atoms with Gasteiger partial charge in [0.2, 0.25) is 0 Å². The highest BCUT2D eigenvalue weighted by molar-refractivity contribution is 6.58. The maximum absolute atomic E-state index is 9.08.